The number of carbonyl (C=O) groups is 2. The van der Waals surface area contributed by atoms with Crippen LogP contribution in [0.5, 0.6) is 5.75 Å². The average molecular weight is 379 g/mol. The number of amides is 3. The third kappa shape index (κ3) is 3.54. The number of likely N-dealkylation sites (tertiary alicyclic amines) is 1. The molecule has 6 nitrogen and oxygen atoms in total. The third-order valence-electron chi connectivity index (χ3n) is 5.68. The Bertz CT molecular complexity index is 913. The molecule has 1 unspecified atom stereocenters. The molecule has 2 aliphatic rings. The van der Waals surface area contributed by atoms with Gasteiger partial charge in [0.15, 0.2) is 0 Å². The van der Waals surface area contributed by atoms with Gasteiger partial charge in [-0.05, 0) is 43.2 Å². The second-order valence-corrected chi connectivity index (χ2v) is 7.83. The number of hydrogen-bond donors (Lipinski definition) is 1. The first-order valence-electron chi connectivity index (χ1n) is 9.55. The summed E-state index contributed by atoms with van der Waals surface area (Å²) in [6, 6.07) is 15.2. The van der Waals surface area contributed by atoms with Crippen molar-refractivity contribution in [1.82, 2.24) is 4.90 Å². The number of benzene rings is 2. The van der Waals surface area contributed by atoms with E-state index >= 15 is 0 Å². The molecule has 2 saturated heterocycles. The molecule has 0 saturated carbocycles. The van der Waals surface area contributed by atoms with Crippen molar-refractivity contribution in [2.24, 2.45) is 5.41 Å². The van der Waals surface area contributed by atoms with Crippen LogP contribution in [0.3, 0.4) is 0 Å². The Kier molecular flexibility index (Phi) is 4.71. The van der Waals surface area contributed by atoms with Gasteiger partial charge >= 0.3 is 6.03 Å². The number of aryl methyl sites for hydroxylation is 1. The van der Waals surface area contributed by atoms with Crippen LogP contribution in [0.1, 0.15) is 18.4 Å². The Balaban J connectivity index is 1.44. The molecule has 2 aromatic carbocycles. The summed E-state index contributed by atoms with van der Waals surface area (Å²) in [4.78, 5) is 29.0. The molecule has 1 N–H and O–H groups in total. The van der Waals surface area contributed by atoms with E-state index in [1.54, 1.807) is 7.11 Å². The molecule has 4 rings (SSSR count). The monoisotopic (exact) mass is 379 g/mol. The van der Waals surface area contributed by atoms with Crippen LogP contribution < -0.4 is 15.0 Å². The number of ether oxygens (including phenoxy) is 1. The lowest BCUT2D eigenvalue weighted by Crippen LogP contribution is -2.36. The highest BCUT2D eigenvalue weighted by molar-refractivity contribution is 5.97. The van der Waals surface area contributed by atoms with Crippen LogP contribution in [0.2, 0.25) is 0 Å². The highest BCUT2D eigenvalue weighted by Gasteiger charge is 2.48. The van der Waals surface area contributed by atoms with Crippen LogP contribution in [-0.2, 0) is 4.79 Å². The van der Waals surface area contributed by atoms with Gasteiger partial charge in [0, 0.05) is 48.9 Å². The minimum Gasteiger partial charge on any atom is -0.497 e. The maximum absolute atomic E-state index is 12.7. The standard InChI is InChI=1S/C22H25N3O3/c1-16-5-3-6-17(11-16)23-21(27)24-10-9-22(14-24)13-20(26)25(15-22)18-7-4-8-19(12-18)28-2/h3-8,11-12H,9-10,13-15H2,1-2H3,(H,23,27). The molecule has 0 radical (unpaired) electrons. The van der Waals surface area contributed by atoms with Crippen LogP contribution in [0, 0.1) is 12.3 Å². The maximum Gasteiger partial charge on any atom is 0.321 e. The van der Waals surface area contributed by atoms with Crippen molar-refractivity contribution in [1.29, 1.82) is 0 Å². The van der Waals surface area contributed by atoms with Crippen molar-refractivity contribution < 1.29 is 14.3 Å². The van der Waals surface area contributed by atoms with E-state index in [0.29, 0.717) is 26.1 Å². The zero-order valence-corrected chi connectivity index (χ0v) is 16.3. The first-order valence-corrected chi connectivity index (χ1v) is 9.55. The molecule has 2 aromatic rings. The summed E-state index contributed by atoms with van der Waals surface area (Å²) in [7, 11) is 1.62. The molecule has 0 bridgehead atoms. The fraction of sp³-hybridized carbons (Fsp3) is 0.364. The summed E-state index contributed by atoms with van der Waals surface area (Å²) in [6.45, 7) is 3.89. The van der Waals surface area contributed by atoms with E-state index in [1.807, 2.05) is 65.3 Å². The van der Waals surface area contributed by atoms with Crippen molar-refractivity contribution >= 4 is 23.3 Å². The van der Waals surface area contributed by atoms with Gasteiger partial charge in [-0.15, -0.1) is 0 Å². The number of urea groups is 1. The maximum atomic E-state index is 12.7. The van der Waals surface area contributed by atoms with E-state index in [4.69, 9.17) is 4.74 Å². The number of rotatable bonds is 3. The predicted octanol–water partition coefficient (Wildman–Crippen LogP) is 3.66. The summed E-state index contributed by atoms with van der Waals surface area (Å²) >= 11 is 0. The highest BCUT2D eigenvalue weighted by atomic mass is 16.5. The topological polar surface area (TPSA) is 61.9 Å². The van der Waals surface area contributed by atoms with Gasteiger partial charge in [0.1, 0.15) is 5.75 Å². The van der Waals surface area contributed by atoms with Crippen molar-refractivity contribution in [3.63, 3.8) is 0 Å². The number of carbonyl (C=O) groups excluding carboxylic acids is 2. The molecule has 0 aliphatic carbocycles. The Labute approximate surface area is 165 Å². The Morgan fingerprint density at radius 3 is 2.75 bits per heavy atom. The van der Waals surface area contributed by atoms with E-state index in [2.05, 4.69) is 5.32 Å². The lowest BCUT2D eigenvalue weighted by atomic mass is 9.86. The van der Waals surface area contributed by atoms with E-state index in [0.717, 1.165) is 29.1 Å². The molecule has 2 fully saturated rings. The predicted molar refractivity (Wildman–Crippen MR) is 109 cm³/mol. The summed E-state index contributed by atoms with van der Waals surface area (Å²) < 4.78 is 5.28. The number of anilines is 2. The lowest BCUT2D eigenvalue weighted by Gasteiger charge is -2.24. The number of hydrogen-bond acceptors (Lipinski definition) is 3. The first-order chi connectivity index (χ1) is 13.5. The van der Waals surface area contributed by atoms with Crippen molar-refractivity contribution in [2.45, 2.75) is 19.8 Å². The molecular weight excluding hydrogens is 354 g/mol. The number of nitrogens with zero attached hydrogens (tertiary/aromatic N) is 2. The summed E-state index contributed by atoms with van der Waals surface area (Å²) in [5.74, 6) is 0.839. The molecule has 3 amide bonds. The molecule has 28 heavy (non-hydrogen) atoms. The largest absolute Gasteiger partial charge is 0.497 e. The van der Waals surface area contributed by atoms with E-state index < -0.39 is 0 Å². The fourth-order valence-electron chi connectivity index (χ4n) is 4.22. The van der Waals surface area contributed by atoms with Gasteiger partial charge in [-0.3, -0.25) is 4.79 Å². The second-order valence-electron chi connectivity index (χ2n) is 7.83. The quantitative estimate of drug-likeness (QED) is 0.885. The smallest absolute Gasteiger partial charge is 0.321 e. The zero-order valence-electron chi connectivity index (χ0n) is 16.3. The lowest BCUT2D eigenvalue weighted by molar-refractivity contribution is -0.117. The normalized spacial score (nSPS) is 21.4. The molecule has 2 heterocycles. The van der Waals surface area contributed by atoms with E-state index in [9.17, 15) is 9.59 Å². The minimum atomic E-state index is -0.176. The van der Waals surface area contributed by atoms with Gasteiger partial charge in [0.2, 0.25) is 5.91 Å². The van der Waals surface area contributed by atoms with Gasteiger partial charge in [0.05, 0.1) is 7.11 Å². The summed E-state index contributed by atoms with van der Waals surface area (Å²) in [5, 5.41) is 2.97. The SMILES string of the molecule is COc1cccc(N2CC3(CCN(C(=O)Nc4cccc(C)c4)C3)CC2=O)c1. The van der Waals surface area contributed by atoms with Gasteiger partial charge < -0.3 is 19.9 Å². The van der Waals surface area contributed by atoms with Crippen molar-refractivity contribution in [3.05, 3.63) is 54.1 Å². The molecule has 6 heteroatoms. The molecule has 0 aromatic heterocycles. The van der Waals surface area contributed by atoms with Crippen LogP contribution >= 0.6 is 0 Å². The van der Waals surface area contributed by atoms with E-state index in [1.165, 1.54) is 0 Å². The molecular formula is C22H25N3O3. The van der Waals surface area contributed by atoms with E-state index in [-0.39, 0.29) is 17.4 Å². The zero-order chi connectivity index (χ0) is 19.7. The molecule has 1 spiro atoms. The van der Waals surface area contributed by atoms with Crippen LogP contribution in [0.4, 0.5) is 16.2 Å². The van der Waals surface area contributed by atoms with Crippen LogP contribution in [0.25, 0.3) is 0 Å². The van der Waals surface area contributed by atoms with Crippen LogP contribution in [0.15, 0.2) is 48.5 Å². The van der Waals surface area contributed by atoms with Gasteiger partial charge in [-0.2, -0.15) is 0 Å². The van der Waals surface area contributed by atoms with Crippen molar-refractivity contribution in [2.75, 3.05) is 37.0 Å². The minimum absolute atomic E-state index is 0.102. The second kappa shape index (κ2) is 7.19. The fourth-order valence-corrected chi connectivity index (χ4v) is 4.22. The highest BCUT2D eigenvalue weighted by Crippen LogP contribution is 2.42. The molecule has 1 atom stereocenters. The summed E-state index contributed by atoms with van der Waals surface area (Å²) in [6.07, 6.45) is 1.30. The van der Waals surface area contributed by atoms with Gasteiger partial charge in [-0.1, -0.05) is 18.2 Å². The number of nitrogens with one attached hydrogen (secondary N) is 1. The Morgan fingerprint density at radius 1 is 1.14 bits per heavy atom. The van der Waals surface area contributed by atoms with Crippen molar-refractivity contribution in [3.8, 4) is 5.75 Å². The molecule has 146 valence electrons. The van der Waals surface area contributed by atoms with Gasteiger partial charge in [0.25, 0.3) is 0 Å². The molecule has 2 aliphatic heterocycles. The van der Waals surface area contributed by atoms with Gasteiger partial charge in [-0.25, -0.2) is 4.79 Å². The van der Waals surface area contributed by atoms with Crippen LogP contribution in [-0.4, -0.2) is 43.6 Å². The average Bonchev–Trinajstić information content (AvgIpc) is 3.25. The first kappa shape index (κ1) is 18.3. The Hall–Kier alpha value is -3.02. The Morgan fingerprint density at radius 2 is 1.96 bits per heavy atom. The number of methoxy groups -OCH3 is 1. The summed E-state index contributed by atoms with van der Waals surface area (Å²) in [5.41, 5.74) is 2.57. The third-order valence-corrected chi connectivity index (χ3v) is 5.68.